The first kappa shape index (κ1) is 15.2. The predicted octanol–water partition coefficient (Wildman–Crippen LogP) is 3.29. The quantitative estimate of drug-likeness (QED) is 0.828. The molecule has 4 nitrogen and oxygen atoms in total. The molecule has 1 N–H and O–H groups in total. The minimum absolute atomic E-state index is 0.277. The molecule has 1 aromatic carbocycles. The second kappa shape index (κ2) is 6.05. The fourth-order valence-electron chi connectivity index (χ4n) is 1.79. The van der Waals surface area contributed by atoms with Crippen molar-refractivity contribution in [2.45, 2.75) is 26.9 Å². The van der Waals surface area contributed by atoms with E-state index < -0.39 is 6.10 Å². The lowest BCUT2D eigenvalue weighted by molar-refractivity contribution is 0.109. The summed E-state index contributed by atoms with van der Waals surface area (Å²) in [5.74, 6) is 0. The van der Waals surface area contributed by atoms with Gasteiger partial charge in [-0.05, 0) is 51.8 Å². The van der Waals surface area contributed by atoms with Crippen LogP contribution in [0.25, 0.3) is 11.8 Å². The molecule has 1 atom stereocenters. The van der Waals surface area contributed by atoms with E-state index in [9.17, 15) is 5.11 Å². The predicted molar refractivity (Wildman–Crippen MR) is 88.8 cm³/mol. The number of benzene rings is 1. The van der Waals surface area contributed by atoms with Crippen LogP contribution < -0.4 is 0 Å². The summed E-state index contributed by atoms with van der Waals surface area (Å²) in [6.45, 7) is 5.99. The van der Waals surface area contributed by atoms with Crippen LogP contribution in [0.5, 0.6) is 0 Å². The molecule has 0 spiro atoms. The average Bonchev–Trinajstić information content (AvgIpc) is 2.90. The number of hydrogen-bond donors (Lipinski definition) is 1. The third kappa shape index (κ3) is 3.67. The van der Waals surface area contributed by atoms with Gasteiger partial charge in [0.1, 0.15) is 18.8 Å². The van der Waals surface area contributed by atoms with Gasteiger partial charge in [-0.1, -0.05) is 32.9 Å². The van der Waals surface area contributed by atoms with E-state index in [0.717, 1.165) is 11.3 Å². The summed E-state index contributed by atoms with van der Waals surface area (Å²) < 4.78 is 2.80. The van der Waals surface area contributed by atoms with Crippen LogP contribution in [0.4, 0.5) is 0 Å². The molecule has 0 saturated carbocycles. The highest BCUT2D eigenvalue weighted by Crippen LogP contribution is 2.28. The lowest BCUT2D eigenvalue weighted by Crippen LogP contribution is -2.29. The third-order valence-electron chi connectivity index (χ3n) is 2.97. The molecule has 20 heavy (non-hydrogen) atoms. The first-order valence-electron chi connectivity index (χ1n) is 6.38. The third-order valence-corrected chi connectivity index (χ3v) is 3.69. The molecular formula is C15H18IN3O. The van der Waals surface area contributed by atoms with Gasteiger partial charge in [-0.2, -0.15) is 5.10 Å². The van der Waals surface area contributed by atoms with Crippen molar-refractivity contribution < 1.29 is 5.11 Å². The van der Waals surface area contributed by atoms with Gasteiger partial charge in [-0.3, -0.25) is 0 Å². The van der Waals surface area contributed by atoms with Gasteiger partial charge in [0, 0.05) is 3.57 Å². The van der Waals surface area contributed by atoms with Gasteiger partial charge in [0.05, 0.1) is 5.70 Å². The van der Waals surface area contributed by atoms with Crippen LogP contribution in [0, 0.1) is 8.99 Å². The number of rotatable bonds is 3. The largest absolute Gasteiger partial charge is 0.386 e. The molecule has 1 aromatic heterocycles. The van der Waals surface area contributed by atoms with Crippen molar-refractivity contribution in [3.8, 4) is 0 Å². The van der Waals surface area contributed by atoms with Gasteiger partial charge in [-0.25, -0.2) is 9.67 Å². The molecule has 0 amide bonds. The van der Waals surface area contributed by atoms with E-state index in [1.807, 2.05) is 51.1 Å². The maximum absolute atomic E-state index is 10.6. The number of halogens is 1. The summed E-state index contributed by atoms with van der Waals surface area (Å²) in [5.41, 5.74) is 1.47. The zero-order chi connectivity index (χ0) is 14.8. The van der Waals surface area contributed by atoms with Gasteiger partial charge in [-0.15, -0.1) is 0 Å². The summed E-state index contributed by atoms with van der Waals surface area (Å²) in [4.78, 5) is 3.96. The van der Waals surface area contributed by atoms with Crippen molar-refractivity contribution in [2.24, 2.45) is 5.41 Å². The van der Waals surface area contributed by atoms with Crippen LogP contribution in [0.2, 0.25) is 0 Å². The number of aliphatic hydroxyl groups excluding tert-OH is 1. The van der Waals surface area contributed by atoms with E-state index in [0.29, 0.717) is 0 Å². The van der Waals surface area contributed by atoms with Gasteiger partial charge in [0.15, 0.2) is 0 Å². The molecule has 0 aliphatic heterocycles. The Morgan fingerprint density at radius 3 is 2.45 bits per heavy atom. The van der Waals surface area contributed by atoms with Crippen LogP contribution in [-0.2, 0) is 0 Å². The molecular weight excluding hydrogens is 365 g/mol. The fourth-order valence-corrected chi connectivity index (χ4v) is 2.14. The topological polar surface area (TPSA) is 50.9 Å². The van der Waals surface area contributed by atoms with Crippen molar-refractivity contribution in [1.82, 2.24) is 14.8 Å². The smallest absolute Gasteiger partial charge is 0.138 e. The fraction of sp³-hybridized carbons (Fsp3) is 0.333. The molecule has 0 saturated heterocycles. The van der Waals surface area contributed by atoms with Gasteiger partial charge < -0.3 is 5.11 Å². The SMILES string of the molecule is CC(C)(C)C(O)/C(=C\c1ccc(I)cc1)n1cncn1. The molecule has 106 valence electrons. The highest BCUT2D eigenvalue weighted by molar-refractivity contribution is 14.1. The molecule has 1 heterocycles. The first-order valence-corrected chi connectivity index (χ1v) is 7.46. The van der Waals surface area contributed by atoms with E-state index in [4.69, 9.17) is 0 Å². The van der Waals surface area contributed by atoms with E-state index in [1.54, 1.807) is 11.0 Å². The molecule has 0 aliphatic rings. The van der Waals surface area contributed by atoms with Crippen molar-refractivity contribution in [2.75, 3.05) is 0 Å². The first-order chi connectivity index (χ1) is 9.38. The van der Waals surface area contributed by atoms with Crippen molar-refractivity contribution >= 4 is 34.4 Å². The Balaban J connectivity index is 2.44. The molecule has 2 aromatic rings. The minimum Gasteiger partial charge on any atom is -0.386 e. The molecule has 2 rings (SSSR count). The summed E-state index contributed by atoms with van der Waals surface area (Å²) in [6, 6.07) is 8.12. The molecule has 0 radical (unpaired) electrons. The number of aromatic nitrogens is 3. The Morgan fingerprint density at radius 2 is 1.95 bits per heavy atom. The normalized spacial score (nSPS) is 14.3. The number of aliphatic hydroxyl groups is 1. The summed E-state index contributed by atoms with van der Waals surface area (Å²) in [6.07, 6.45) is 4.38. The average molecular weight is 383 g/mol. The minimum atomic E-state index is -0.636. The second-order valence-corrected chi connectivity index (χ2v) is 6.97. The standard InChI is InChI=1S/C15H18IN3O/c1-15(2,3)14(20)13(19-10-17-9-18-19)8-11-4-6-12(16)7-5-11/h4-10,14,20H,1-3H3/b13-8+. The molecule has 0 bridgehead atoms. The van der Waals surface area contributed by atoms with Crippen LogP contribution in [0.15, 0.2) is 36.9 Å². The van der Waals surface area contributed by atoms with Crippen molar-refractivity contribution in [3.63, 3.8) is 0 Å². The second-order valence-electron chi connectivity index (χ2n) is 5.73. The lowest BCUT2D eigenvalue weighted by Gasteiger charge is -2.27. The Hall–Kier alpha value is -1.21. The van der Waals surface area contributed by atoms with E-state index >= 15 is 0 Å². The monoisotopic (exact) mass is 383 g/mol. The van der Waals surface area contributed by atoms with Gasteiger partial charge in [0.2, 0.25) is 0 Å². The highest BCUT2D eigenvalue weighted by Gasteiger charge is 2.27. The zero-order valence-electron chi connectivity index (χ0n) is 11.8. The molecule has 5 heteroatoms. The molecule has 0 aliphatic carbocycles. The number of nitrogens with zero attached hydrogens (tertiary/aromatic N) is 3. The van der Waals surface area contributed by atoms with Crippen LogP contribution in [0.3, 0.4) is 0 Å². The van der Waals surface area contributed by atoms with E-state index in [-0.39, 0.29) is 5.41 Å². The number of hydrogen-bond acceptors (Lipinski definition) is 3. The van der Waals surface area contributed by atoms with Crippen LogP contribution in [0.1, 0.15) is 26.3 Å². The Morgan fingerprint density at radius 1 is 1.30 bits per heavy atom. The maximum atomic E-state index is 10.6. The van der Waals surface area contributed by atoms with Crippen molar-refractivity contribution in [1.29, 1.82) is 0 Å². The summed E-state index contributed by atoms with van der Waals surface area (Å²) >= 11 is 2.27. The Labute approximate surface area is 132 Å². The summed E-state index contributed by atoms with van der Waals surface area (Å²) in [5, 5.41) is 14.7. The van der Waals surface area contributed by atoms with E-state index in [2.05, 4.69) is 32.7 Å². The highest BCUT2D eigenvalue weighted by atomic mass is 127. The van der Waals surface area contributed by atoms with Crippen LogP contribution in [-0.4, -0.2) is 26.0 Å². The van der Waals surface area contributed by atoms with E-state index in [1.165, 1.54) is 9.90 Å². The van der Waals surface area contributed by atoms with Gasteiger partial charge in [0.25, 0.3) is 0 Å². The lowest BCUT2D eigenvalue weighted by atomic mass is 9.86. The van der Waals surface area contributed by atoms with Crippen LogP contribution >= 0.6 is 22.6 Å². The van der Waals surface area contributed by atoms with Crippen molar-refractivity contribution in [3.05, 3.63) is 46.1 Å². The van der Waals surface area contributed by atoms with Gasteiger partial charge >= 0.3 is 0 Å². The Bertz CT molecular complexity index is 583. The Kier molecular flexibility index (Phi) is 4.59. The zero-order valence-corrected chi connectivity index (χ0v) is 13.9. The maximum Gasteiger partial charge on any atom is 0.138 e. The molecule has 0 fully saturated rings. The summed E-state index contributed by atoms with van der Waals surface area (Å²) in [7, 11) is 0. The molecule has 1 unspecified atom stereocenters.